The van der Waals surface area contributed by atoms with Gasteiger partial charge in [-0.15, -0.1) is 0 Å². The predicted molar refractivity (Wildman–Crippen MR) is 74.0 cm³/mol. The molecule has 2 rings (SSSR count). The minimum absolute atomic E-state index is 0.417. The van der Waals surface area contributed by atoms with E-state index in [9.17, 15) is 0 Å². The molecule has 1 aromatic heterocycles. The lowest BCUT2D eigenvalue weighted by Gasteiger charge is -2.06. The van der Waals surface area contributed by atoms with Crippen molar-refractivity contribution in [3.05, 3.63) is 47.9 Å². The van der Waals surface area contributed by atoms with Gasteiger partial charge in [0.2, 0.25) is 0 Å². The number of nitrogens with two attached hydrogens (primary N) is 1. The van der Waals surface area contributed by atoms with Gasteiger partial charge in [0.15, 0.2) is 0 Å². The van der Waals surface area contributed by atoms with Gasteiger partial charge < -0.3 is 5.73 Å². The lowest BCUT2D eigenvalue weighted by atomic mass is 10.0. The largest absolute Gasteiger partial charge is 0.325 e. The molecule has 2 aromatic rings. The van der Waals surface area contributed by atoms with Gasteiger partial charge in [0.25, 0.3) is 0 Å². The highest BCUT2D eigenvalue weighted by molar-refractivity contribution is 5.61. The molecule has 3 heteroatoms. The summed E-state index contributed by atoms with van der Waals surface area (Å²) in [5, 5.41) is 0. The lowest BCUT2D eigenvalue weighted by molar-refractivity contribution is 0.795. The van der Waals surface area contributed by atoms with Crippen LogP contribution in [0.4, 0.5) is 0 Å². The molecule has 0 aliphatic rings. The average Bonchev–Trinajstić information content (AvgIpc) is 2.45. The molecule has 0 aliphatic carbocycles. The fourth-order valence-electron chi connectivity index (χ4n) is 1.97. The maximum atomic E-state index is 5.68. The van der Waals surface area contributed by atoms with Gasteiger partial charge in [-0.1, -0.05) is 37.6 Å². The number of hydrogen-bond donors (Lipinski definition) is 1. The van der Waals surface area contributed by atoms with Gasteiger partial charge in [0.05, 0.1) is 11.4 Å². The van der Waals surface area contributed by atoms with Crippen LogP contribution in [0, 0.1) is 0 Å². The number of rotatable bonds is 5. The van der Waals surface area contributed by atoms with Crippen LogP contribution in [0.3, 0.4) is 0 Å². The van der Waals surface area contributed by atoms with Crippen LogP contribution in [0.5, 0.6) is 0 Å². The predicted octanol–water partition coefficient (Wildman–Crippen LogP) is 2.94. The Balaban J connectivity index is 2.23. The zero-order valence-corrected chi connectivity index (χ0v) is 10.8. The standard InChI is InChI=1S/C15H19N3/c1-2-3-4-12-5-7-13(8-6-12)15-14(11-16)17-9-10-18-15/h5-10H,2-4,11,16H2,1H3. The first-order chi connectivity index (χ1) is 8.85. The molecule has 0 unspecified atom stereocenters. The molecule has 0 fully saturated rings. The van der Waals surface area contributed by atoms with Crippen molar-refractivity contribution in [1.82, 2.24) is 9.97 Å². The third-order valence-corrected chi connectivity index (χ3v) is 3.01. The molecule has 1 heterocycles. The summed E-state index contributed by atoms with van der Waals surface area (Å²) in [6, 6.07) is 8.54. The Bertz CT molecular complexity index is 491. The fourth-order valence-corrected chi connectivity index (χ4v) is 1.97. The number of aryl methyl sites for hydroxylation is 1. The molecular weight excluding hydrogens is 222 g/mol. The maximum Gasteiger partial charge on any atom is 0.0930 e. The monoisotopic (exact) mass is 241 g/mol. The van der Waals surface area contributed by atoms with Crippen molar-refractivity contribution in [3.63, 3.8) is 0 Å². The van der Waals surface area contributed by atoms with E-state index in [2.05, 4.69) is 41.2 Å². The van der Waals surface area contributed by atoms with E-state index < -0.39 is 0 Å². The van der Waals surface area contributed by atoms with Crippen LogP contribution in [0.2, 0.25) is 0 Å². The summed E-state index contributed by atoms with van der Waals surface area (Å²) >= 11 is 0. The Morgan fingerprint density at radius 1 is 1.06 bits per heavy atom. The van der Waals surface area contributed by atoms with Crippen molar-refractivity contribution < 1.29 is 0 Å². The second-order valence-corrected chi connectivity index (χ2v) is 4.36. The van der Waals surface area contributed by atoms with Crippen LogP contribution in [0.25, 0.3) is 11.3 Å². The highest BCUT2D eigenvalue weighted by Crippen LogP contribution is 2.20. The fraction of sp³-hybridized carbons (Fsp3) is 0.333. The van der Waals surface area contributed by atoms with Gasteiger partial charge in [-0.3, -0.25) is 9.97 Å². The zero-order chi connectivity index (χ0) is 12.8. The number of nitrogens with zero attached hydrogens (tertiary/aromatic N) is 2. The van der Waals surface area contributed by atoms with Crippen LogP contribution in [-0.2, 0) is 13.0 Å². The minimum Gasteiger partial charge on any atom is -0.325 e. The van der Waals surface area contributed by atoms with Crippen molar-refractivity contribution in [2.24, 2.45) is 5.73 Å². The van der Waals surface area contributed by atoms with Crippen molar-refractivity contribution in [2.45, 2.75) is 32.7 Å². The normalized spacial score (nSPS) is 10.6. The van der Waals surface area contributed by atoms with E-state index in [1.165, 1.54) is 18.4 Å². The molecule has 0 amide bonds. The molecule has 0 atom stereocenters. The van der Waals surface area contributed by atoms with Gasteiger partial charge in [0.1, 0.15) is 0 Å². The van der Waals surface area contributed by atoms with Crippen LogP contribution in [0.15, 0.2) is 36.7 Å². The first-order valence-electron chi connectivity index (χ1n) is 6.44. The van der Waals surface area contributed by atoms with Gasteiger partial charge in [-0.2, -0.15) is 0 Å². The molecule has 0 spiro atoms. The SMILES string of the molecule is CCCCc1ccc(-c2nccnc2CN)cc1. The van der Waals surface area contributed by atoms with Gasteiger partial charge in [0, 0.05) is 24.5 Å². The van der Waals surface area contributed by atoms with Gasteiger partial charge >= 0.3 is 0 Å². The molecule has 0 aliphatic heterocycles. The van der Waals surface area contributed by atoms with E-state index in [0.29, 0.717) is 6.54 Å². The Labute approximate surface area is 108 Å². The van der Waals surface area contributed by atoms with E-state index in [4.69, 9.17) is 5.73 Å². The first-order valence-corrected chi connectivity index (χ1v) is 6.44. The molecular formula is C15H19N3. The average molecular weight is 241 g/mol. The van der Waals surface area contributed by atoms with E-state index in [-0.39, 0.29) is 0 Å². The molecule has 94 valence electrons. The topological polar surface area (TPSA) is 51.8 Å². The maximum absolute atomic E-state index is 5.68. The second kappa shape index (κ2) is 6.26. The van der Waals surface area contributed by atoms with Crippen molar-refractivity contribution >= 4 is 0 Å². The van der Waals surface area contributed by atoms with E-state index in [0.717, 1.165) is 23.4 Å². The molecule has 0 radical (unpaired) electrons. The quantitative estimate of drug-likeness (QED) is 0.875. The summed E-state index contributed by atoms with van der Waals surface area (Å²) in [4.78, 5) is 8.63. The summed E-state index contributed by atoms with van der Waals surface area (Å²) in [6.07, 6.45) is 6.99. The summed E-state index contributed by atoms with van der Waals surface area (Å²) in [7, 11) is 0. The Morgan fingerprint density at radius 2 is 1.78 bits per heavy atom. The van der Waals surface area contributed by atoms with Crippen LogP contribution in [-0.4, -0.2) is 9.97 Å². The van der Waals surface area contributed by atoms with Gasteiger partial charge in [-0.25, -0.2) is 0 Å². The van der Waals surface area contributed by atoms with Crippen molar-refractivity contribution in [2.75, 3.05) is 0 Å². The third-order valence-electron chi connectivity index (χ3n) is 3.01. The first kappa shape index (κ1) is 12.7. The number of unbranched alkanes of at least 4 members (excludes halogenated alkanes) is 1. The Hall–Kier alpha value is -1.74. The van der Waals surface area contributed by atoms with E-state index in [1.54, 1.807) is 12.4 Å². The lowest BCUT2D eigenvalue weighted by Crippen LogP contribution is -2.03. The third kappa shape index (κ3) is 2.93. The molecule has 0 saturated heterocycles. The molecule has 2 N–H and O–H groups in total. The van der Waals surface area contributed by atoms with Crippen molar-refractivity contribution in [3.8, 4) is 11.3 Å². The second-order valence-electron chi connectivity index (χ2n) is 4.36. The summed E-state index contributed by atoms with van der Waals surface area (Å²) < 4.78 is 0. The highest BCUT2D eigenvalue weighted by Gasteiger charge is 2.05. The summed E-state index contributed by atoms with van der Waals surface area (Å²) in [6.45, 7) is 2.63. The number of aromatic nitrogens is 2. The molecule has 0 bridgehead atoms. The smallest absolute Gasteiger partial charge is 0.0930 e. The van der Waals surface area contributed by atoms with Crippen LogP contribution < -0.4 is 5.73 Å². The van der Waals surface area contributed by atoms with E-state index >= 15 is 0 Å². The summed E-state index contributed by atoms with van der Waals surface area (Å²) in [5.74, 6) is 0. The number of hydrogen-bond acceptors (Lipinski definition) is 3. The molecule has 3 nitrogen and oxygen atoms in total. The molecule has 1 aromatic carbocycles. The zero-order valence-electron chi connectivity index (χ0n) is 10.8. The highest BCUT2D eigenvalue weighted by atomic mass is 14.8. The van der Waals surface area contributed by atoms with Crippen LogP contribution >= 0.6 is 0 Å². The Morgan fingerprint density at radius 3 is 2.44 bits per heavy atom. The molecule has 18 heavy (non-hydrogen) atoms. The molecule has 0 saturated carbocycles. The van der Waals surface area contributed by atoms with Crippen molar-refractivity contribution in [1.29, 1.82) is 0 Å². The van der Waals surface area contributed by atoms with Gasteiger partial charge in [-0.05, 0) is 18.4 Å². The van der Waals surface area contributed by atoms with Crippen LogP contribution in [0.1, 0.15) is 31.0 Å². The number of benzene rings is 1. The summed E-state index contributed by atoms with van der Waals surface area (Å²) in [5.41, 5.74) is 9.88. The Kier molecular flexibility index (Phi) is 4.42. The minimum atomic E-state index is 0.417. The van der Waals surface area contributed by atoms with E-state index in [1.807, 2.05) is 0 Å².